The number of rotatable bonds is 5. The number of aliphatic imine (C=N–C) groups is 1. The highest BCUT2D eigenvalue weighted by Crippen LogP contribution is 2.32. The van der Waals surface area contributed by atoms with Gasteiger partial charge in [-0.2, -0.15) is 15.1 Å². The van der Waals surface area contributed by atoms with Crippen LogP contribution in [0, 0.1) is 36.3 Å². The van der Waals surface area contributed by atoms with E-state index in [9.17, 15) is 19.7 Å². The minimum Gasteiger partial charge on any atom is -0.342 e. The Balaban J connectivity index is 1.44. The van der Waals surface area contributed by atoms with Crippen molar-refractivity contribution in [2.24, 2.45) is 10.1 Å². The molecule has 0 radical (unpaired) electrons. The zero-order valence-corrected chi connectivity index (χ0v) is 21.5. The van der Waals surface area contributed by atoms with Crippen molar-refractivity contribution < 1.29 is 14.5 Å². The summed E-state index contributed by atoms with van der Waals surface area (Å²) in [7, 11) is 0. The standard InChI is InChI=1S/C25H25N7O4S/c1-14-6-7-18(32(35)36)12-20(14)30-15(2)10-17(16(30)3)11-19-23(26)31-25(27-24(19)34)37-21(28-31)13-22(33)29-8-4-5-9-29/h6-7,10-12,26H,4-5,8-9,13H2,1-3H3/b19-11+,26-23?. The molecule has 1 aromatic heterocycles. The van der Waals surface area contributed by atoms with E-state index in [1.165, 1.54) is 17.1 Å². The maximum atomic E-state index is 12.9. The molecule has 37 heavy (non-hydrogen) atoms. The van der Waals surface area contributed by atoms with Crippen LogP contribution in [0.2, 0.25) is 0 Å². The van der Waals surface area contributed by atoms with E-state index >= 15 is 0 Å². The van der Waals surface area contributed by atoms with Crippen molar-refractivity contribution in [1.29, 1.82) is 5.41 Å². The molecule has 1 fully saturated rings. The lowest BCUT2D eigenvalue weighted by molar-refractivity contribution is -0.384. The molecular weight excluding hydrogens is 494 g/mol. The van der Waals surface area contributed by atoms with Crippen molar-refractivity contribution in [3.8, 4) is 5.69 Å². The molecule has 2 aromatic rings. The number of hydrazone groups is 1. The van der Waals surface area contributed by atoms with Crippen molar-refractivity contribution in [2.75, 3.05) is 13.1 Å². The number of nitro groups is 1. The van der Waals surface area contributed by atoms with E-state index in [-0.39, 0.29) is 34.6 Å². The molecule has 190 valence electrons. The first kappa shape index (κ1) is 24.6. The molecule has 0 spiro atoms. The Hall–Kier alpha value is -4.06. The van der Waals surface area contributed by atoms with Crippen LogP contribution in [0.5, 0.6) is 0 Å². The van der Waals surface area contributed by atoms with E-state index < -0.39 is 10.8 Å². The second-order valence-electron chi connectivity index (χ2n) is 9.17. The van der Waals surface area contributed by atoms with Crippen molar-refractivity contribution in [3.05, 3.63) is 62.5 Å². The Morgan fingerprint density at radius 1 is 1.22 bits per heavy atom. The highest BCUT2D eigenvalue weighted by molar-refractivity contribution is 8.27. The number of amides is 2. The van der Waals surface area contributed by atoms with Crippen molar-refractivity contribution in [2.45, 2.75) is 40.0 Å². The van der Waals surface area contributed by atoms with Crippen LogP contribution in [0.25, 0.3) is 11.8 Å². The summed E-state index contributed by atoms with van der Waals surface area (Å²) in [4.78, 5) is 42.2. The summed E-state index contributed by atoms with van der Waals surface area (Å²) in [5, 5.41) is 26.5. The van der Waals surface area contributed by atoms with Gasteiger partial charge in [0.1, 0.15) is 5.04 Å². The second-order valence-corrected chi connectivity index (χ2v) is 10.2. The van der Waals surface area contributed by atoms with Crippen LogP contribution in [-0.2, 0) is 9.59 Å². The number of hydrogen-bond acceptors (Lipinski definition) is 7. The summed E-state index contributed by atoms with van der Waals surface area (Å²) >= 11 is 1.14. The number of likely N-dealkylation sites (tertiary alicyclic amines) is 1. The van der Waals surface area contributed by atoms with Crippen LogP contribution >= 0.6 is 11.8 Å². The Labute approximate surface area is 217 Å². The van der Waals surface area contributed by atoms with Gasteiger partial charge in [-0.15, -0.1) is 0 Å². The van der Waals surface area contributed by atoms with Crippen LogP contribution in [0.1, 0.15) is 41.8 Å². The fraction of sp³-hybridized carbons (Fsp3) is 0.320. The maximum absolute atomic E-state index is 12.9. The molecule has 4 heterocycles. The number of non-ortho nitro benzene ring substituents is 1. The van der Waals surface area contributed by atoms with Crippen LogP contribution < -0.4 is 0 Å². The highest BCUT2D eigenvalue weighted by Gasteiger charge is 2.37. The number of hydrogen-bond donors (Lipinski definition) is 1. The number of nitro benzene ring substituents is 1. The zero-order valence-electron chi connectivity index (χ0n) is 20.6. The molecule has 0 aliphatic carbocycles. The Morgan fingerprint density at radius 2 is 1.95 bits per heavy atom. The molecule has 0 saturated carbocycles. The average Bonchev–Trinajstić information content (AvgIpc) is 3.57. The third-order valence-electron chi connectivity index (χ3n) is 6.67. The number of fused-ring (bicyclic) bond motifs is 1. The molecule has 5 rings (SSSR count). The lowest BCUT2D eigenvalue weighted by Crippen LogP contribution is -2.35. The molecule has 3 aliphatic heterocycles. The fourth-order valence-electron chi connectivity index (χ4n) is 4.72. The molecule has 0 unspecified atom stereocenters. The van der Waals surface area contributed by atoms with Gasteiger partial charge in [-0.3, -0.25) is 25.1 Å². The van der Waals surface area contributed by atoms with Gasteiger partial charge in [-0.1, -0.05) is 6.07 Å². The van der Waals surface area contributed by atoms with Gasteiger partial charge in [0.2, 0.25) is 11.1 Å². The first-order valence-electron chi connectivity index (χ1n) is 11.9. The molecule has 1 N–H and O–H groups in total. The summed E-state index contributed by atoms with van der Waals surface area (Å²) in [6, 6.07) is 6.56. The van der Waals surface area contributed by atoms with Gasteiger partial charge >= 0.3 is 0 Å². The minimum atomic E-state index is -0.553. The quantitative estimate of drug-likeness (QED) is 0.361. The molecule has 3 aliphatic rings. The van der Waals surface area contributed by atoms with Crippen molar-refractivity contribution in [3.63, 3.8) is 0 Å². The number of aryl methyl sites for hydroxylation is 2. The van der Waals surface area contributed by atoms with Gasteiger partial charge in [-0.25, -0.2) is 0 Å². The average molecular weight is 520 g/mol. The number of benzene rings is 1. The van der Waals surface area contributed by atoms with E-state index in [2.05, 4.69) is 10.1 Å². The molecule has 1 saturated heterocycles. The predicted molar refractivity (Wildman–Crippen MR) is 142 cm³/mol. The monoisotopic (exact) mass is 519 g/mol. The third-order valence-corrected chi connectivity index (χ3v) is 7.58. The number of carbonyl (C=O) groups excluding carboxylic acids is 2. The van der Waals surface area contributed by atoms with E-state index in [1.54, 1.807) is 12.1 Å². The van der Waals surface area contributed by atoms with E-state index in [4.69, 9.17) is 5.41 Å². The van der Waals surface area contributed by atoms with Gasteiger partial charge in [0.05, 0.1) is 22.6 Å². The SMILES string of the molecule is Cc1ccc([N+](=O)[O-])cc1-n1c(C)cc(/C=C2\C(=N)N3N=C(CC(=O)N4CCCC4)SC3=NC2=O)c1C. The molecule has 0 bridgehead atoms. The smallest absolute Gasteiger partial charge is 0.283 e. The molecule has 1 aromatic carbocycles. The van der Waals surface area contributed by atoms with Gasteiger partial charge in [-0.05, 0) is 68.6 Å². The maximum Gasteiger partial charge on any atom is 0.283 e. The summed E-state index contributed by atoms with van der Waals surface area (Å²) in [6.07, 6.45) is 3.71. The summed E-state index contributed by atoms with van der Waals surface area (Å²) < 4.78 is 1.90. The highest BCUT2D eigenvalue weighted by atomic mass is 32.2. The predicted octanol–water partition coefficient (Wildman–Crippen LogP) is 3.94. The lowest BCUT2D eigenvalue weighted by atomic mass is 10.1. The fourth-order valence-corrected chi connectivity index (χ4v) is 5.60. The van der Waals surface area contributed by atoms with Crippen LogP contribution in [-0.4, -0.2) is 60.4 Å². The molecule has 0 atom stereocenters. The van der Waals surface area contributed by atoms with Gasteiger partial charge in [0.15, 0.2) is 5.84 Å². The summed E-state index contributed by atoms with van der Waals surface area (Å²) in [5.74, 6) is -0.674. The van der Waals surface area contributed by atoms with Crippen molar-refractivity contribution >= 4 is 51.4 Å². The molecule has 12 heteroatoms. The van der Waals surface area contributed by atoms with Gasteiger partial charge < -0.3 is 9.47 Å². The topological polar surface area (TPSA) is 137 Å². The minimum absolute atomic E-state index is 0.0116. The van der Waals surface area contributed by atoms with Crippen LogP contribution in [0.15, 0.2) is 39.9 Å². The van der Waals surface area contributed by atoms with Gasteiger partial charge in [0, 0.05) is 36.6 Å². The number of aromatic nitrogens is 1. The summed E-state index contributed by atoms with van der Waals surface area (Å²) in [6.45, 7) is 7.10. The molecular formula is C25H25N7O4S. The van der Waals surface area contributed by atoms with E-state index in [0.29, 0.717) is 16.3 Å². The third kappa shape index (κ3) is 4.48. The van der Waals surface area contributed by atoms with Crippen LogP contribution in [0.3, 0.4) is 0 Å². The first-order valence-corrected chi connectivity index (χ1v) is 12.7. The lowest BCUT2D eigenvalue weighted by Gasteiger charge is -2.20. The Kier molecular flexibility index (Phi) is 6.28. The molecule has 2 amide bonds. The number of carbonyl (C=O) groups is 2. The normalized spacial score (nSPS) is 18.4. The molecule has 11 nitrogen and oxygen atoms in total. The Bertz CT molecular complexity index is 1460. The van der Waals surface area contributed by atoms with E-state index in [1.807, 2.05) is 36.3 Å². The zero-order chi connectivity index (χ0) is 26.4. The van der Waals surface area contributed by atoms with Gasteiger partial charge in [0.25, 0.3) is 11.6 Å². The second kappa shape index (κ2) is 9.43. The van der Waals surface area contributed by atoms with Crippen molar-refractivity contribution in [1.82, 2.24) is 14.5 Å². The van der Waals surface area contributed by atoms with Crippen LogP contribution in [0.4, 0.5) is 5.69 Å². The first-order chi connectivity index (χ1) is 17.6. The number of amidine groups is 2. The Morgan fingerprint density at radius 3 is 2.65 bits per heavy atom. The number of thioether (sulfide) groups is 1. The summed E-state index contributed by atoms with van der Waals surface area (Å²) in [5.41, 5.74) is 3.88. The number of nitrogens with one attached hydrogen (secondary N) is 1. The number of nitrogens with zero attached hydrogens (tertiary/aromatic N) is 6. The van der Waals surface area contributed by atoms with E-state index in [0.717, 1.165) is 54.6 Å². The largest absolute Gasteiger partial charge is 0.342 e.